The predicted octanol–water partition coefficient (Wildman–Crippen LogP) is 2.94. The largest absolute Gasteiger partial charge is 0.444 e. The summed E-state index contributed by atoms with van der Waals surface area (Å²) >= 11 is 2.62. The SMILES string of the molecule is COCCNC(=O)c1ccc(Oc2sc(C(N)=O)c3c2-c2sncc2CC3)c(C)n1. The second-order valence-corrected chi connectivity index (χ2v) is 8.53. The Kier molecular flexibility index (Phi) is 5.80. The van der Waals surface area contributed by atoms with Crippen molar-refractivity contribution in [3.05, 3.63) is 45.7 Å². The van der Waals surface area contributed by atoms with E-state index in [0.29, 0.717) is 40.2 Å². The van der Waals surface area contributed by atoms with E-state index >= 15 is 0 Å². The van der Waals surface area contributed by atoms with Crippen LogP contribution in [0.3, 0.4) is 0 Å². The molecule has 0 fully saturated rings. The fourth-order valence-corrected chi connectivity index (χ4v) is 5.33. The number of amides is 2. The zero-order valence-corrected chi connectivity index (χ0v) is 18.1. The number of methoxy groups -OCH3 is 1. The van der Waals surface area contributed by atoms with Gasteiger partial charge in [0.25, 0.3) is 11.8 Å². The first-order chi connectivity index (χ1) is 14.5. The maximum absolute atomic E-state index is 12.2. The number of aromatic nitrogens is 2. The Bertz CT molecular complexity index is 1120. The summed E-state index contributed by atoms with van der Waals surface area (Å²) in [5.41, 5.74) is 9.42. The van der Waals surface area contributed by atoms with Crippen LogP contribution in [0.15, 0.2) is 18.3 Å². The molecule has 0 atom stereocenters. The zero-order valence-electron chi connectivity index (χ0n) is 16.5. The molecule has 10 heteroatoms. The van der Waals surface area contributed by atoms with Crippen LogP contribution < -0.4 is 15.8 Å². The van der Waals surface area contributed by atoms with Crippen molar-refractivity contribution in [1.29, 1.82) is 0 Å². The van der Waals surface area contributed by atoms with Gasteiger partial charge in [-0.1, -0.05) is 11.3 Å². The number of nitrogens with two attached hydrogens (primary N) is 1. The van der Waals surface area contributed by atoms with Crippen LogP contribution in [-0.2, 0) is 17.6 Å². The number of rotatable bonds is 7. The van der Waals surface area contributed by atoms with E-state index in [4.69, 9.17) is 15.2 Å². The minimum Gasteiger partial charge on any atom is -0.444 e. The topological polar surface area (TPSA) is 116 Å². The normalized spacial score (nSPS) is 12.2. The lowest BCUT2D eigenvalue weighted by molar-refractivity contribution is 0.0931. The number of nitrogens with zero attached hydrogens (tertiary/aromatic N) is 2. The summed E-state index contributed by atoms with van der Waals surface area (Å²) in [7, 11) is 1.57. The number of aryl methyl sites for hydroxylation is 2. The molecule has 3 N–H and O–H groups in total. The monoisotopic (exact) mass is 444 g/mol. The third-order valence-corrected chi connectivity index (χ3v) is 6.76. The van der Waals surface area contributed by atoms with Gasteiger partial charge >= 0.3 is 0 Å². The third-order valence-electron chi connectivity index (χ3n) is 4.78. The number of hydrogen-bond donors (Lipinski definition) is 2. The highest BCUT2D eigenvalue weighted by molar-refractivity contribution is 7.17. The maximum Gasteiger partial charge on any atom is 0.269 e. The summed E-state index contributed by atoms with van der Waals surface area (Å²) in [5, 5.41) is 3.33. The van der Waals surface area contributed by atoms with Crippen LogP contribution in [0, 0.1) is 6.92 Å². The summed E-state index contributed by atoms with van der Waals surface area (Å²) in [4.78, 5) is 30.1. The van der Waals surface area contributed by atoms with Gasteiger partial charge in [-0.05, 0) is 54.6 Å². The number of carbonyl (C=O) groups excluding carboxylic acids is 2. The molecule has 4 rings (SSSR count). The van der Waals surface area contributed by atoms with Gasteiger partial charge in [-0.25, -0.2) is 9.36 Å². The van der Waals surface area contributed by atoms with Crippen molar-refractivity contribution in [1.82, 2.24) is 14.7 Å². The van der Waals surface area contributed by atoms with E-state index in [9.17, 15) is 9.59 Å². The highest BCUT2D eigenvalue weighted by Crippen LogP contribution is 2.50. The van der Waals surface area contributed by atoms with E-state index in [2.05, 4.69) is 14.7 Å². The maximum atomic E-state index is 12.2. The minimum atomic E-state index is -0.461. The number of nitrogens with one attached hydrogen (secondary N) is 1. The first kappa shape index (κ1) is 20.5. The Morgan fingerprint density at radius 3 is 2.87 bits per heavy atom. The molecule has 0 saturated heterocycles. The van der Waals surface area contributed by atoms with Crippen LogP contribution in [0.4, 0.5) is 0 Å². The summed E-state index contributed by atoms with van der Waals surface area (Å²) in [6, 6.07) is 3.32. The second kappa shape index (κ2) is 8.50. The highest BCUT2D eigenvalue weighted by Gasteiger charge is 2.30. The third kappa shape index (κ3) is 3.81. The molecule has 0 aliphatic heterocycles. The number of fused-ring (bicyclic) bond motifs is 3. The smallest absolute Gasteiger partial charge is 0.269 e. The number of pyridine rings is 1. The van der Waals surface area contributed by atoms with Crippen LogP contribution in [0.25, 0.3) is 10.4 Å². The molecule has 30 heavy (non-hydrogen) atoms. The van der Waals surface area contributed by atoms with E-state index in [1.165, 1.54) is 22.9 Å². The summed E-state index contributed by atoms with van der Waals surface area (Å²) in [6.07, 6.45) is 3.40. The molecule has 0 bridgehead atoms. The molecule has 3 aromatic heterocycles. The van der Waals surface area contributed by atoms with Crippen LogP contribution in [0.5, 0.6) is 10.8 Å². The molecule has 1 aliphatic carbocycles. The van der Waals surface area contributed by atoms with Crippen molar-refractivity contribution < 1.29 is 19.1 Å². The lowest BCUT2D eigenvalue weighted by Gasteiger charge is -2.14. The van der Waals surface area contributed by atoms with E-state index in [-0.39, 0.29) is 5.91 Å². The van der Waals surface area contributed by atoms with Gasteiger partial charge in [0.1, 0.15) is 11.4 Å². The lowest BCUT2D eigenvalue weighted by Crippen LogP contribution is -2.27. The molecule has 8 nitrogen and oxygen atoms in total. The summed E-state index contributed by atoms with van der Waals surface area (Å²) < 4.78 is 15.4. The number of ether oxygens (including phenoxy) is 2. The van der Waals surface area contributed by atoms with Gasteiger partial charge < -0.3 is 20.5 Å². The van der Waals surface area contributed by atoms with Gasteiger partial charge in [0, 0.05) is 19.9 Å². The van der Waals surface area contributed by atoms with Crippen LogP contribution in [0.1, 0.15) is 37.0 Å². The lowest BCUT2D eigenvalue weighted by atomic mass is 9.93. The standard InChI is InChI=1S/C20H20N4O4S2/c1-10-14(6-5-13(24-10)19(26)22-7-8-27-2)28-20-15-12(17(29-20)18(21)25)4-3-11-9-23-30-16(11)15/h5-6,9H,3-4,7-8H2,1-2H3,(H2,21,25)(H,22,26). The van der Waals surface area contributed by atoms with Crippen molar-refractivity contribution in [3.8, 4) is 21.3 Å². The molecule has 0 unspecified atom stereocenters. The van der Waals surface area contributed by atoms with Crippen LogP contribution >= 0.6 is 22.9 Å². The molecular weight excluding hydrogens is 424 g/mol. The predicted molar refractivity (Wildman–Crippen MR) is 115 cm³/mol. The number of hydrogen-bond acceptors (Lipinski definition) is 8. The van der Waals surface area contributed by atoms with Crippen molar-refractivity contribution >= 4 is 34.7 Å². The van der Waals surface area contributed by atoms with Gasteiger partial charge in [0.05, 0.1) is 27.6 Å². The Balaban J connectivity index is 1.64. The van der Waals surface area contributed by atoms with Crippen molar-refractivity contribution in [2.45, 2.75) is 19.8 Å². The fraction of sp³-hybridized carbons (Fsp3) is 0.300. The Labute approximate surface area is 181 Å². The quantitative estimate of drug-likeness (QED) is 0.541. The molecule has 2 amide bonds. The van der Waals surface area contributed by atoms with Crippen molar-refractivity contribution in [2.24, 2.45) is 5.73 Å². The first-order valence-electron chi connectivity index (χ1n) is 9.31. The van der Waals surface area contributed by atoms with Crippen molar-refractivity contribution in [2.75, 3.05) is 20.3 Å². The van der Waals surface area contributed by atoms with E-state index in [1.54, 1.807) is 26.2 Å². The number of thiophene rings is 1. The average Bonchev–Trinajstić information content (AvgIpc) is 3.34. The molecule has 3 heterocycles. The molecule has 1 aliphatic rings. The van der Waals surface area contributed by atoms with E-state index in [1.807, 2.05) is 6.20 Å². The number of carbonyl (C=O) groups is 2. The van der Waals surface area contributed by atoms with Gasteiger partial charge in [0.2, 0.25) is 0 Å². The van der Waals surface area contributed by atoms with E-state index in [0.717, 1.165) is 34.4 Å². The van der Waals surface area contributed by atoms with E-state index < -0.39 is 5.91 Å². The minimum absolute atomic E-state index is 0.277. The molecule has 3 aromatic rings. The number of primary amides is 1. The summed E-state index contributed by atoms with van der Waals surface area (Å²) in [5.74, 6) is -0.224. The average molecular weight is 445 g/mol. The Hall–Kier alpha value is -2.82. The second-order valence-electron chi connectivity index (χ2n) is 6.75. The highest BCUT2D eigenvalue weighted by atomic mass is 32.1. The van der Waals surface area contributed by atoms with Crippen LogP contribution in [-0.4, -0.2) is 41.4 Å². The molecule has 0 saturated carbocycles. The van der Waals surface area contributed by atoms with Gasteiger partial charge in [-0.15, -0.1) is 0 Å². The van der Waals surface area contributed by atoms with Gasteiger partial charge in [-0.3, -0.25) is 9.59 Å². The van der Waals surface area contributed by atoms with Gasteiger partial charge in [-0.2, -0.15) is 0 Å². The fourth-order valence-electron chi connectivity index (χ4n) is 3.32. The Morgan fingerprint density at radius 1 is 1.30 bits per heavy atom. The molecular formula is C20H20N4O4S2. The summed E-state index contributed by atoms with van der Waals surface area (Å²) in [6.45, 7) is 2.61. The van der Waals surface area contributed by atoms with Crippen molar-refractivity contribution in [3.63, 3.8) is 0 Å². The molecule has 0 spiro atoms. The molecule has 0 radical (unpaired) electrons. The Morgan fingerprint density at radius 2 is 2.13 bits per heavy atom. The first-order valence-corrected chi connectivity index (χ1v) is 10.9. The zero-order chi connectivity index (χ0) is 21.3. The molecule has 0 aromatic carbocycles. The van der Waals surface area contributed by atoms with Crippen LogP contribution in [0.2, 0.25) is 0 Å². The molecule has 156 valence electrons. The van der Waals surface area contributed by atoms with Gasteiger partial charge in [0.15, 0.2) is 5.06 Å².